The maximum absolute atomic E-state index is 11.9. The van der Waals surface area contributed by atoms with Crippen molar-refractivity contribution in [3.8, 4) is 28.4 Å². The number of amides is 1. The number of carbonyl (C=O) groups excluding carboxylic acids is 1. The normalized spacial score (nSPS) is 11.1. The number of aromatic nitrogens is 4. The second-order valence-electron chi connectivity index (χ2n) is 7.21. The highest BCUT2D eigenvalue weighted by atomic mass is 16.5. The summed E-state index contributed by atoms with van der Waals surface area (Å²) in [7, 11) is 5.05. The van der Waals surface area contributed by atoms with E-state index in [0.29, 0.717) is 17.0 Å². The van der Waals surface area contributed by atoms with Crippen molar-refractivity contribution < 1.29 is 14.3 Å². The molecule has 0 fully saturated rings. The molecule has 0 bridgehead atoms. The summed E-state index contributed by atoms with van der Waals surface area (Å²) in [4.78, 5) is 11.9. The van der Waals surface area contributed by atoms with Gasteiger partial charge in [-0.3, -0.25) is 9.48 Å². The molecule has 30 heavy (non-hydrogen) atoms. The number of methoxy groups -OCH3 is 2. The van der Waals surface area contributed by atoms with Gasteiger partial charge in [0.25, 0.3) is 0 Å². The second kappa shape index (κ2) is 7.22. The van der Waals surface area contributed by atoms with E-state index in [1.54, 1.807) is 37.2 Å². The zero-order valence-corrected chi connectivity index (χ0v) is 17.6. The third-order valence-corrected chi connectivity index (χ3v) is 5.14. The van der Waals surface area contributed by atoms with Crippen molar-refractivity contribution in [2.24, 2.45) is 12.8 Å². The Hall–Kier alpha value is -3.81. The number of nitrogens with zero attached hydrogens (tertiary/aromatic N) is 4. The number of ether oxygens (including phenoxy) is 2. The van der Waals surface area contributed by atoms with Gasteiger partial charge in [-0.1, -0.05) is 0 Å². The minimum absolute atomic E-state index is 0.354. The van der Waals surface area contributed by atoms with E-state index >= 15 is 0 Å². The predicted octanol–water partition coefficient (Wildman–Crippen LogP) is 3.16. The summed E-state index contributed by atoms with van der Waals surface area (Å²) < 4.78 is 14.6. The monoisotopic (exact) mass is 405 g/mol. The van der Waals surface area contributed by atoms with E-state index < -0.39 is 5.91 Å². The number of hydrogen-bond acceptors (Lipinski definition) is 5. The highest BCUT2D eigenvalue weighted by Gasteiger charge is 2.22. The Labute approximate surface area is 173 Å². The molecule has 0 radical (unpaired) electrons. The molecular formula is C22H23N5O3. The smallest absolute Gasteiger partial charge is 0.248 e. The van der Waals surface area contributed by atoms with Crippen LogP contribution in [-0.2, 0) is 7.05 Å². The van der Waals surface area contributed by atoms with Gasteiger partial charge in [0.05, 0.1) is 26.1 Å². The van der Waals surface area contributed by atoms with Crippen molar-refractivity contribution in [2.45, 2.75) is 13.8 Å². The zero-order chi connectivity index (χ0) is 21.6. The van der Waals surface area contributed by atoms with Gasteiger partial charge in [-0.2, -0.15) is 10.2 Å². The summed E-state index contributed by atoms with van der Waals surface area (Å²) in [5, 5.41) is 9.94. The Morgan fingerprint density at radius 1 is 1.07 bits per heavy atom. The topological polar surface area (TPSA) is 97.2 Å². The van der Waals surface area contributed by atoms with Crippen LogP contribution in [0.25, 0.3) is 27.8 Å². The van der Waals surface area contributed by atoms with Gasteiger partial charge in [0, 0.05) is 29.8 Å². The number of carbonyl (C=O) groups is 1. The summed E-state index contributed by atoms with van der Waals surface area (Å²) in [5.41, 5.74) is 11.1. The highest BCUT2D eigenvalue weighted by Crippen LogP contribution is 2.38. The van der Waals surface area contributed by atoms with Gasteiger partial charge in [-0.15, -0.1) is 0 Å². The van der Waals surface area contributed by atoms with Gasteiger partial charge in [0.2, 0.25) is 5.91 Å². The van der Waals surface area contributed by atoms with Crippen molar-refractivity contribution >= 4 is 16.8 Å². The number of primary amides is 1. The van der Waals surface area contributed by atoms with E-state index in [1.165, 1.54) is 0 Å². The fourth-order valence-electron chi connectivity index (χ4n) is 3.80. The maximum atomic E-state index is 11.9. The molecule has 8 heteroatoms. The van der Waals surface area contributed by atoms with E-state index in [2.05, 4.69) is 5.10 Å². The van der Waals surface area contributed by atoms with Crippen molar-refractivity contribution in [3.63, 3.8) is 0 Å². The number of aryl methyl sites for hydroxylation is 3. The SMILES string of the molecule is COc1cc(C)c(-n2nc(-c3cnn(C)c3)c3cc(C(N)=O)cc(OC)c32)c(C)c1. The van der Waals surface area contributed by atoms with Crippen LogP contribution in [0.4, 0.5) is 0 Å². The Balaban J connectivity index is 2.12. The third-order valence-electron chi connectivity index (χ3n) is 5.14. The molecular weight excluding hydrogens is 382 g/mol. The van der Waals surface area contributed by atoms with Crippen LogP contribution in [0, 0.1) is 13.8 Å². The first-order chi connectivity index (χ1) is 14.3. The number of fused-ring (bicyclic) bond motifs is 1. The van der Waals surface area contributed by atoms with Crippen LogP contribution in [0.15, 0.2) is 36.7 Å². The molecule has 0 aliphatic carbocycles. The van der Waals surface area contributed by atoms with E-state index in [0.717, 1.165) is 39.0 Å². The molecule has 4 aromatic rings. The summed E-state index contributed by atoms with van der Waals surface area (Å²) in [5.74, 6) is 0.760. The molecule has 0 unspecified atom stereocenters. The molecule has 4 rings (SSSR count). The molecule has 154 valence electrons. The van der Waals surface area contributed by atoms with Gasteiger partial charge in [-0.25, -0.2) is 4.68 Å². The quantitative estimate of drug-likeness (QED) is 0.550. The second-order valence-corrected chi connectivity index (χ2v) is 7.21. The summed E-state index contributed by atoms with van der Waals surface area (Å²) in [6.07, 6.45) is 3.62. The van der Waals surface area contributed by atoms with Crippen molar-refractivity contribution in [1.29, 1.82) is 0 Å². The molecule has 0 saturated heterocycles. The molecule has 0 spiro atoms. The lowest BCUT2D eigenvalue weighted by atomic mass is 10.1. The number of nitrogens with two attached hydrogens (primary N) is 1. The van der Waals surface area contributed by atoms with Gasteiger partial charge in [0.15, 0.2) is 0 Å². The Morgan fingerprint density at radius 3 is 2.30 bits per heavy atom. The van der Waals surface area contributed by atoms with Gasteiger partial charge >= 0.3 is 0 Å². The summed E-state index contributed by atoms with van der Waals surface area (Å²) in [6.45, 7) is 4.01. The van der Waals surface area contributed by atoms with E-state index in [9.17, 15) is 4.79 Å². The minimum atomic E-state index is -0.531. The first-order valence-electron chi connectivity index (χ1n) is 9.39. The predicted molar refractivity (Wildman–Crippen MR) is 114 cm³/mol. The van der Waals surface area contributed by atoms with Crippen LogP contribution in [-0.4, -0.2) is 39.7 Å². The fourth-order valence-corrected chi connectivity index (χ4v) is 3.80. The van der Waals surface area contributed by atoms with Crippen LogP contribution in [0.2, 0.25) is 0 Å². The fraction of sp³-hybridized carbons (Fsp3) is 0.227. The van der Waals surface area contributed by atoms with Crippen molar-refractivity contribution in [3.05, 3.63) is 53.3 Å². The largest absolute Gasteiger partial charge is 0.497 e. The summed E-state index contributed by atoms with van der Waals surface area (Å²) in [6, 6.07) is 7.32. The molecule has 2 heterocycles. The van der Waals surface area contributed by atoms with Crippen molar-refractivity contribution in [1.82, 2.24) is 19.6 Å². The average molecular weight is 405 g/mol. The number of benzene rings is 2. The Kier molecular flexibility index (Phi) is 4.69. The standard InChI is InChI=1S/C22H23N5O3/c1-12-6-16(29-4)7-13(2)20(12)27-21-17(8-14(22(23)28)9-18(21)30-5)19(25-27)15-10-24-26(3)11-15/h6-11H,1-5H3,(H2,23,28). The molecule has 8 nitrogen and oxygen atoms in total. The molecule has 0 aliphatic rings. The van der Waals surface area contributed by atoms with Crippen LogP contribution < -0.4 is 15.2 Å². The number of hydrogen-bond donors (Lipinski definition) is 1. The number of rotatable bonds is 5. The first kappa shape index (κ1) is 19.5. The van der Waals surface area contributed by atoms with Crippen molar-refractivity contribution in [2.75, 3.05) is 14.2 Å². The minimum Gasteiger partial charge on any atom is -0.497 e. The molecule has 0 atom stereocenters. The lowest BCUT2D eigenvalue weighted by molar-refractivity contribution is 0.1000. The van der Waals surface area contributed by atoms with Crippen LogP contribution in [0.5, 0.6) is 11.5 Å². The lowest BCUT2D eigenvalue weighted by Crippen LogP contribution is -2.11. The highest BCUT2D eigenvalue weighted by molar-refractivity contribution is 6.04. The van der Waals surface area contributed by atoms with Crippen LogP contribution >= 0.6 is 0 Å². The first-order valence-corrected chi connectivity index (χ1v) is 9.39. The Morgan fingerprint density at radius 2 is 1.77 bits per heavy atom. The summed E-state index contributed by atoms with van der Waals surface area (Å²) >= 11 is 0. The van der Waals surface area contributed by atoms with E-state index in [1.807, 2.05) is 43.9 Å². The van der Waals surface area contributed by atoms with Crippen LogP contribution in [0.3, 0.4) is 0 Å². The maximum Gasteiger partial charge on any atom is 0.248 e. The molecule has 1 amide bonds. The van der Waals surface area contributed by atoms with Gasteiger partial charge in [0.1, 0.15) is 22.7 Å². The molecule has 0 saturated carbocycles. The molecule has 2 aromatic heterocycles. The average Bonchev–Trinajstić information content (AvgIpc) is 3.30. The van der Waals surface area contributed by atoms with Gasteiger partial charge in [-0.05, 0) is 49.2 Å². The molecule has 2 aromatic carbocycles. The molecule has 0 aliphatic heterocycles. The van der Waals surface area contributed by atoms with Crippen LogP contribution in [0.1, 0.15) is 21.5 Å². The Bertz CT molecular complexity index is 1260. The zero-order valence-electron chi connectivity index (χ0n) is 17.6. The van der Waals surface area contributed by atoms with E-state index in [-0.39, 0.29) is 0 Å². The van der Waals surface area contributed by atoms with Gasteiger partial charge < -0.3 is 15.2 Å². The van der Waals surface area contributed by atoms with E-state index in [4.69, 9.17) is 20.3 Å². The third kappa shape index (κ3) is 3.06. The lowest BCUT2D eigenvalue weighted by Gasteiger charge is -2.14. The molecule has 2 N–H and O–H groups in total.